The van der Waals surface area contributed by atoms with Crippen molar-refractivity contribution >= 4 is 23.2 Å². The minimum atomic E-state index is 0.123. The fourth-order valence-corrected chi connectivity index (χ4v) is 2.56. The summed E-state index contributed by atoms with van der Waals surface area (Å²) in [7, 11) is 1.50. The molecule has 5 nitrogen and oxygen atoms in total. The van der Waals surface area contributed by atoms with Crippen LogP contribution in [0.1, 0.15) is 31.9 Å². The fraction of sp³-hybridized carbons (Fsp3) is 0.500. The van der Waals surface area contributed by atoms with E-state index in [1.807, 2.05) is 18.4 Å². The molecule has 1 aromatic rings. The number of halogens is 2. The first kappa shape index (κ1) is 17.9. The Morgan fingerprint density at radius 3 is 2.74 bits per heavy atom. The second-order valence-corrected chi connectivity index (χ2v) is 5.89. The molecule has 0 saturated heterocycles. The van der Waals surface area contributed by atoms with E-state index < -0.39 is 0 Å². The molecule has 2 heterocycles. The zero-order valence-electron chi connectivity index (χ0n) is 13.4. The summed E-state index contributed by atoms with van der Waals surface area (Å²) in [6.45, 7) is 4.18. The molecule has 0 saturated carbocycles. The topological polar surface area (TPSA) is 47.5 Å². The summed E-state index contributed by atoms with van der Waals surface area (Å²) in [5.74, 6) is 1.19. The van der Waals surface area contributed by atoms with E-state index >= 15 is 0 Å². The van der Waals surface area contributed by atoms with E-state index in [1.54, 1.807) is 0 Å². The van der Waals surface area contributed by atoms with Gasteiger partial charge in [0.25, 0.3) is 0 Å². The van der Waals surface area contributed by atoms with Crippen LogP contribution in [0.2, 0.25) is 10.3 Å². The highest BCUT2D eigenvalue weighted by atomic mass is 35.5. The summed E-state index contributed by atoms with van der Waals surface area (Å²) >= 11 is 12.1. The summed E-state index contributed by atoms with van der Waals surface area (Å²) in [6, 6.07) is 0. The monoisotopic (exact) mass is 357 g/mol. The summed E-state index contributed by atoms with van der Waals surface area (Å²) in [4.78, 5) is 10.2. The third-order valence-corrected chi connectivity index (χ3v) is 3.95. The molecule has 1 aliphatic heterocycles. The summed E-state index contributed by atoms with van der Waals surface area (Å²) in [5.41, 5.74) is 0.633. The van der Waals surface area contributed by atoms with E-state index in [1.165, 1.54) is 20.0 Å². The molecule has 0 unspecified atom stereocenters. The van der Waals surface area contributed by atoms with Gasteiger partial charge in [-0.2, -0.15) is 4.98 Å². The van der Waals surface area contributed by atoms with E-state index in [9.17, 15) is 0 Å². The Kier molecular flexibility index (Phi) is 6.99. The van der Waals surface area contributed by atoms with Crippen molar-refractivity contribution in [2.75, 3.05) is 20.3 Å². The average Bonchev–Trinajstić information content (AvgIpc) is 2.56. The normalized spacial score (nSPS) is 13.9. The molecule has 0 atom stereocenters. The van der Waals surface area contributed by atoms with Gasteiger partial charge in [0.15, 0.2) is 0 Å². The van der Waals surface area contributed by atoms with Crippen LogP contribution in [0.15, 0.2) is 24.1 Å². The molecule has 23 heavy (non-hydrogen) atoms. The number of hydrogen-bond acceptors (Lipinski definition) is 5. The predicted octanol–water partition coefficient (Wildman–Crippen LogP) is 4.21. The predicted molar refractivity (Wildman–Crippen MR) is 91.7 cm³/mol. The highest BCUT2D eigenvalue weighted by Crippen LogP contribution is 2.27. The molecule has 0 fully saturated rings. The molecule has 1 aliphatic rings. The lowest BCUT2D eigenvalue weighted by Crippen LogP contribution is -2.21. The second-order valence-electron chi connectivity index (χ2n) is 5.17. The van der Waals surface area contributed by atoms with Crippen molar-refractivity contribution in [2.24, 2.45) is 0 Å². The van der Waals surface area contributed by atoms with Crippen LogP contribution in [0.4, 0.5) is 0 Å². The summed E-state index contributed by atoms with van der Waals surface area (Å²) in [6.07, 6.45) is 9.42. The quantitative estimate of drug-likeness (QED) is 0.515. The summed E-state index contributed by atoms with van der Waals surface area (Å²) in [5, 5.41) is 0.508. The van der Waals surface area contributed by atoms with Gasteiger partial charge in [0, 0.05) is 12.7 Å². The Morgan fingerprint density at radius 2 is 2.09 bits per heavy atom. The van der Waals surface area contributed by atoms with Crippen molar-refractivity contribution < 1.29 is 9.47 Å². The number of ether oxygens (including phenoxy) is 2. The third kappa shape index (κ3) is 5.29. The molecular weight excluding hydrogens is 337 g/mol. The Bertz CT molecular complexity index is 591. The first-order chi connectivity index (χ1) is 11.1. The van der Waals surface area contributed by atoms with Crippen LogP contribution >= 0.6 is 23.2 Å². The Balaban J connectivity index is 1.91. The fourth-order valence-electron chi connectivity index (χ4n) is 2.16. The molecule has 0 N–H and O–H groups in total. The van der Waals surface area contributed by atoms with E-state index in [0.717, 1.165) is 25.3 Å². The molecule has 0 spiro atoms. The standard InChI is InChI=1S/C16H21Cl2N3O2/c1-3-4-5-10-23-12-6-8-21(9-7-12)11-13-14(17)15(22-2)20-16(18)19-13/h6-8H,3-5,9-11H2,1-2H3. The molecule has 7 heteroatoms. The molecular formula is C16H21Cl2N3O2. The first-order valence-electron chi connectivity index (χ1n) is 7.65. The smallest absolute Gasteiger partial charge is 0.237 e. The van der Waals surface area contributed by atoms with Crippen molar-refractivity contribution in [1.29, 1.82) is 0 Å². The maximum atomic E-state index is 6.23. The zero-order valence-corrected chi connectivity index (χ0v) is 14.9. The number of rotatable bonds is 8. The van der Waals surface area contributed by atoms with Crippen molar-refractivity contribution in [2.45, 2.75) is 32.7 Å². The van der Waals surface area contributed by atoms with Gasteiger partial charge >= 0.3 is 0 Å². The van der Waals surface area contributed by atoms with Crippen LogP contribution in [0.25, 0.3) is 0 Å². The molecule has 0 aliphatic carbocycles. The Labute approximate surface area is 146 Å². The van der Waals surface area contributed by atoms with E-state index in [2.05, 4.69) is 21.8 Å². The minimum Gasteiger partial charge on any atom is -0.494 e. The van der Waals surface area contributed by atoms with Gasteiger partial charge in [0.1, 0.15) is 10.8 Å². The van der Waals surface area contributed by atoms with Crippen LogP contribution < -0.4 is 4.74 Å². The van der Waals surface area contributed by atoms with Gasteiger partial charge in [-0.25, -0.2) is 4.98 Å². The molecule has 0 bridgehead atoms. The highest BCUT2D eigenvalue weighted by molar-refractivity contribution is 6.33. The third-order valence-electron chi connectivity index (χ3n) is 3.40. The van der Waals surface area contributed by atoms with Crippen LogP contribution in [-0.2, 0) is 11.3 Å². The lowest BCUT2D eigenvalue weighted by molar-refractivity contribution is 0.211. The molecule has 126 valence electrons. The van der Waals surface area contributed by atoms with Crippen LogP contribution in [-0.4, -0.2) is 35.1 Å². The minimum absolute atomic E-state index is 0.123. The maximum Gasteiger partial charge on any atom is 0.237 e. The molecule has 0 amide bonds. The van der Waals surface area contributed by atoms with Crippen LogP contribution in [0, 0.1) is 0 Å². The van der Waals surface area contributed by atoms with Crippen LogP contribution in [0.3, 0.4) is 0 Å². The van der Waals surface area contributed by atoms with Crippen molar-refractivity contribution in [1.82, 2.24) is 14.9 Å². The van der Waals surface area contributed by atoms with Crippen molar-refractivity contribution in [3.05, 3.63) is 40.1 Å². The van der Waals surface area contributed by atoms with Gasteiger partial charge in [-0.1, -0.05) is 31.4 Å². The Morgan fingerprint density at radius 1 is 1.26 bits per heavy atom. The second kappa shape index (κ2) is 8.99. The molecule has 0 radical (unpaired) electrons. The van der Waals surface area contributed by atoms with Gasteiger partial charge < -0.3 is 14.4 Å². The maximum absolute atomic E-state index is 6.23. The van der Waals surface area contributed by atoms with Crippen molar-refractivity contribution in [3.63, 3.8) is 0 Å². The van der Waals surface area contributed by atoms with Gasteiger partial charge in [-0.15, -0.1) is 0 Å². The van der Waals surface area contributed by atoms with Gasteiger partial charge in [-0.05, 0) is 30.2 Å². The van der Waals surface area contributed by atoms with E-state index in [-0.39, 0.29) is 11.2 Å². The van der Waals surface area contributed by atoms with Crippen LogP contribution in [0.5, 0.6) is 5.88 Å². The van der Waals surface area contributed by atoms with Gasteiger partial charge in [0.2, 0.25) is 11.2 Å². The van der Waals surface area contributed by atoms with Gasteiger partial charge in [-0.3, -0.25) is 0 Å². The SMILES string of the molecule is CCCCCOC1=CCN(Cc2nc(Cl)nc(OC)c2Cl)C=C1. The molecule has 0 aromatic carbocycles. The molecule has 1 aromatic heterocycles. The van der Waals surface area contributed by atoms with E-state index in [0.29, 0.717) is 17.3 Å². The largest absolute Gasteiger partial charge is 0.494 e. The number of unbranched alkanes of at least 4 members (excludes halogenated alkanes) is 2. The van der Waals surface area contributed by atoms with Crippen molar-refractivity contribution in [3.8, 4) is 5.88 Å². The average molecular weight is 358 g/mol. The summed E-state index contributed by atoms with van der Waals surface area (Å²) < 4.78 is 10.8. The van der Waals surface area contributed by atoms with Gasteiger partial charge in [0.05, 0.1) is 26.0 Å². The Hall–Kier alpha value is -1.46. The number of allylic oxidation sites excluding steroid dienone is 1. The number of nitrogens with zero attached hydrogens (tertiary/aromatic N) is 3. The number of methoxy groups -OCH3 is 1. The zero-order chi connectivity index (χ0) is 16.7. The number of aromatic nitrogens is 2. The number of hydrogen-bond donors (Lipinski definition) is 0. The molecule has 2 rings (SSSR count). The highest BCUT2D eigenvalue weighted by Gasteiger charge is 2.15. The first-order valence-corrected chi connectivity index (χ1v) is 8.40. The lowest BCUT2D eigenvalue weighted by atomic mass is 10.2. The lowest BCUT2D eigenvalue weighted by Gasteiger charge is -2.23. The van der Waals surface area contributed by atoms with E-state index in [4.69, 9.17) is 32.7 Å².